The van der Waals surface area contributed by atoms with E-state index < -0.39 is 0 Å². The van der Waals surface area contributed by atoms with Crippen LogP contribution in [0.4, 0.5) is 0 Å². The summed E-state index contributed by atoms with van der Waals surface area (Å²) in [4.78, 5) is 0. The second kappa shape index (κ2) is 7.76. The molecule has 47 valence electrons. The summed E-state index contributed by atoms with van der Waals surface area (Å²) in [7, 11) is 0. The van der Waals surface area contributed by atoms with Crippen molar-refractivity contribution in [1.82, 2.24) is 0 Å². The van der Waals surface area contributed by atoms with Gasteiger partial charge in [0.25, 0.3) is 0 Å². The predicted octanol–water partition coefficient (Wildman–Crippen LogP) is 1.09. The Bertz CT molecular complexity index is 33.5. The Labute approximate surface area is 65.1 Å². The molecule has 0 aromatic heterocycles. The van der Waals surface area contributed by atoms with Crippen molar-refractivity contribution in [2.45, 2.75) is 30.1 Å². The zero-order chi connectivity index (χ0) is 6.24. The molecular weight excluding hydrogens is 205 g/mol. The van der Waals surface area contributed by atoms with E-state index in [0.717, 1.165) is 6.54 Å². The summed E-state index contributed by atoms with van der Waals surface area (Å²) in [6.07, 6.45) is 5.36. The molecule has 0 saturated carbocycles. The van der Waals surface area contributed by atoms with Gasteiger partial charge in [0.2, 0.25) is 0 Å². The van der Waals surface area contributed by atoms with Crippen LogP contribution in [0, 0.1) is 0 Å². The van der Waals surface area contributed by atoms with Crippen LogP contribution in [0.25, 0.3) is 0 Å². The van der Waals surface area contributed by atoms with Gasteiger partial charge in [-0.15, -0.1) is 0 Å². The maximum absolute atomic E-state index is 5.32. The van der Waals surface area contributed by atoms with E-state index in [9.17, 15) is 0 Å². The van der Waals surface area contributed by atoms with Gasteiger partial charge < -0.3 is 0 Å². The van der Waals surface area contributed by atoms with Crippen LogP contribution in [0.2, 0.25) is 4.44 Å². The van der Waals surface area contributed by atoms with Crippen LogP contribution in [-0.4, -0.2) is 29.1 Å². The predicted molar refractivity (Wildman–Crippen MR) is 38.1 cm³/mol. The second-order valence-corrected chi connectivity index (χ2v) is 3.38. The average Bonchev–Trinajstić information content (AvgIpc) is 1.81. The molecule has 0 fully saturated rings. The number of nitrogens with two attached hydrogens (primary N) is 1. The van der Waals surface area contributed by atoms with Crippen molar-refractivity contribution >= 4 is 22.5 Å². The molecule has 0 heterocycles. The Balaban J connectivity index is 2.53. The number of rotatable bonds is 5. The summed E-state index contributed by atoms with van der Waals surface area (Å²) < 4.78 is 1.41. The van der Waals surface area contributed by atoms with E-state index in [1.54, 1.807) is 22.5 Å². The summed E-state index contributed by atoms with van der Waals surface area (Å²) in [5, 5.41) is 0. The molecule has 0 aliphatic carbocycles. The van der Waals surface area contributed by atoms with E-state index in [-0.39, 0.29) is 0 Å². The van der Waals surface area contributed by atoms with Crippen molar-refractivity contribution < 1.29 is 0 Å². The van der Waals surface area contributed by atoms with Gasteiger partial charge in [-0.2, -0.15) is 0 Å². The van der Waals surface area contributed by atoms with E-state index in [1.165, 1.54) is 30.1 Å². The molecule has 0 aliphatic heterocycles. The Morgan fingerprint density at radius 3 is 2.12 bits per heavy atom. The topological polar surface area (TPSA) is 26.0 Å². The first-order valence-electron chi connectivity index (χ1n) is 3.26. The molecule has 0 saturated heterocycles. The van der Waals surface area contributed by atoms with Gasteiger partial charge in [-0.1, -0.05) is 0 Å². The molecule has 0 atom stereocenters. The Morgan fingerprint density at radius 1 is 1.00 bits per heavy atom. The summed E-state index contributed by atoms with van der Waals surface area (Å²) >= 11 is 1.67. The van der Waals surface area contributed by atoms with Gasteiger partial charge in [0, 0.05) is 0 Å². The molecule has 2 N–H and O–H groups in total. The quantitative estimate of drug-likeness (QED) is 0.543. The zero-order valence-electron chi connectivity index (χ0n) is 5.32. The van der Waals surface area contributed by atoms with Crippen LogP contribution in [0.15, 0.2) is 0 Å². The molecule has 0 aromatic rings. The van der Waals surface area contributed by atoms with Gasteiger partial charge in [-0.05, 0) is 0 Å². The van der Waals surface area contributed by atoms with Gasteiger partial charge in [-0.3, -0.25) is 0 Å². The molecule has 3 radical (unpaired) electrons. The standard InChI is InChI=1S/C6H14N.Sn/c1-2-3-4-5-6-7;/h1-7H2;. The number of hydrogen-bond acceptors (Lipinski definition) is 1. The van der Waals surface area contributed by atoms with E-state index in [2.05, 4.69) is 0 Å². The maximum atomic E-state index is 5.32. The molecule has 0 amide bonds. The summed E-state index contributed by atoms with van der Waals surface area (Å²) in [5.41, 5.74) is 5.32. The van der Waals surface area contributed by atoms with Crippen molar-refractivity contribution in [2.24, 2.45) is 5.73 Å². The molecule has 0 unspecified atom stereocenters. The summed E-state index contributed by atoms with van der Waals surface area (Å²) in [5.74, 6) is 0. The molecule has 8 heavy (non-hydrogen) atoms. The van der Waals surface area contributed by atoms with Crippen LogP contribution >= 0.6 is 0 Å². The van der Waals surface area contributed by atoms with E-state index in [0.29, 0.717) is 0 Å². The first-order valence-corrected chi connectivity index (χ1v) is 5.28. The summed E-state index contributed by atoms with van der Waals surface area (Å²) in [6.45, 7) is 0.872. The fourth-order valence-electron chi connectivity index (χ4n) is 0.623. The van der Waals surface area contributed by atoms with Gasteiger partial charge >= 0.3 is 64.9 Å². The number of hydrogen-bond donors (Lipinski definition) is 1. The molecule has 0 rings (SSSR count). The zero-order valence-corrected chi connectivity index (χ0v) is 8.17. The summed E-state index contributed by atoms with van der Waals surface area (Å²) in [6, 6.07) is 0. The number of unbranched alkanes of at least 4 members (excludes halogenated alkanes) is 3. The molecular formula is C6H14NSn. The fourth-order valence-corrected chi connectivity index (χ4v) is 1.34. The van der Waals surface area contributed by atoms with Crippen molar-refractivity contribution in [3.8, 4) is 0 Å². The second-order valence-electron chi connectivity index (χ2n) is 1.95. The molecule has 1 nitrogen and oxygen atoms in total. The Kier molecular flexibility index (Phi) is 8.49. The van der Waals surface area contributed by atoms with Crippen LogP contribution < -0.4 is 5.73 Å². The molecule has 0 aromatic carbocycles. The van der Waals surface area contributed by atoms with Crippen LogP contribution in [0.5, 0.6) is 0 Å². The van der Waals surface area contributed by atoms with E-state index in [1.807, 2.05) is 0 Å². The van der Waals surface area contributed by atoms with Crippen LogP contribution in [-0.2, 0) is 0 Å². The van der Waals surface area contributed by atoms with Crippen molar-refractivity contribution in [3.05, 3.63) is 0 Å². The normalized spacial score (nSPS) is 9.75. The molecule has 0 bridgehead atoms. The van der Waals surface area contributed by atoms with Gasteiger partial charge in [0.1, 0.15) is 0 Å². The van der Waals surface area contributed by atoms with Gasteiger partial charge in [0.05, 0.1) is 0 Å². The minimum atomic E-state index is 0.872. The molecule has 0 spiro atoms. The monoisotopic (exact) mass is 220 g/mol. The van der Waals surface area contributed by atoms with E-state index in [4.69, 9.17) is 5.73 Å². The third kappa shape index (κ3) is 6.76. The molecule has 0 aliphatic rings. The average molecular weight is 219 g/mol. The third-order valence-electron chi connectivity index (χ3n) is 1.13. The SMILES string of the molecule is NCCCCC[CH2][Sn]. The van der Waals surface area contributed by atoms with Crippen molar-refractivity contribution in [2.75, 3.05) is 6.54 Å². The van der Waals surface area contributed by atoms with Gasteiger partial charge in [-0.25, -0.2) is 0 Å². The first kappa shape index (κ1) is 8.76. The Hall–Kier alpha value is 0.759. The van der Waals surface area contributed by atoms with Crippen LogP contribution in [0.1, 0.15) is 25.7 Å². The van der Waals surface area contributed by atoms with E-state index >= 15 is 0 Å². The minimum absolute atomic E-state index is 0.872. The van der Waals surface area contributed by atoms with Crippen LogP contribution in [0.3, 0.4) is 0 Å². The van der Waals surface area contributed by atoms with Crippen molar-refractivity contribution in [1.29, 1.82) is 0 Å². The third-order valence-corrected chi connectivity index (χ3v) is 2.14. The Morgan fingerprint density at radius 2 is 1.62 bits per heavy atom. The first-order chi connectivity index (χ1) is 3.91. The van der Waals surface area contributed by atoms with Crippen molar-refractivity contribution in [3.63, 3.8) is 0 Å². The van der Waals surface area contributed by atoms with Gasteiger partial charge in [0.15, 0.2) is 0 Å². The molecule has 2 heteroatoms. The fraction of sp³-hybridized carbons (Fsp3) is 1.00.